The van der Waals surface area contributed by atoms with Crippen LogP contribution in [-0.4, -0.2) is 84.1 Å². The van der Waals surface area contributed by atoms with Gasteiger partial charge in [-0.25, -0.2) is 4.98 Å². The molecule has 0 N–H and O–H groups in total. The molecule has 9 heteroatoms. The average molecular weight is 598 g/mol. The maximum absolute atomic E-state index is 14.2. The van der Waals surface area contributed by atoms with E-state index >= 15 is 0 Å². The Balaban J connectivity index is 1.25. The summed E-state index contributed by atoms with van der Waals surface area (Å²) < 4.78 is 12.1. The van der Waals surface area contributed by atoms with E-state index in [4.69, 9.17) is 9.47 Å². The second kappa shape index (κ2) is 14.2. The second-order valence-electron chi connectivity index (χ2n) is 12.4. The number of amides is 2. The molecule has 1 spiro atoms. The number of rotatable bonds is 4. The first-order valence-corrected chi connectivity index (χ1v) is 16.0. The van der Waals surface area contributed by atoms with Crippen LogP contribution in [0.4, 0.5) is 5.82 Å². The predicted molar refractivity (Wildman–Crippen MR) is 168 cm³/mol. The largest absolute Gasteiger partial charge is 0.492 e. The highest BCUT2D eigenvalue weighted by Crippen LogP contribution is 2.39. The van der Waals surface area contributed by atoms with E-state index in [1.54, 1.807) is 18.6 Å². The molecule has 2 saturated heterocycles. The number of carbonyl (C=O) groups excluding carboxylic acids is 2. The lowest BCUT2D eigenvalue weighted by molar-refractivity contribution is -0.141. The van der Waals surface area contributed by atoms with Gasteiger partial charge in [-0.15, -0.1) is 0 Å². The molecule has 3 aliphatic rings. The molecule has 0 saturated carbocycles. The Hall–Kier alpha value is -3.98. The standard InChI is InChI=1S/C35H43N5O4/c41-33(29-11-23-43-24-12-29)39-19-14-35(15-20-39)13-6-18-38(32-25-36-16-17-37-32)21-22-40(26-28-7-2-1-3-8-28)34(42)30-9-4-5-10-31(30)44-27-35/h1-5,7-10,16-17,25,29H,6,11-15,18-24,26-27H2. The van der Waals surface area contributed by atoms with Crippen LogP contribution in [0.3, 0.4) is 0 Å². The van der Waals surface area contributed by atoms with Gasteiger partial charge in [0.15, 0.2) is 0 Å². The zero-order chi connectivity index (χ0) is 30.2. The summed E-state index contributed by atoms with van der Waals surface area (Å²) in [6.45, 7) is 5.80. The first-order valence-electron chi connectivity index (χ1n) is 16.0. The van der Waals surface area contributed by atoms with Crippen LogP contribution in [0.15, 0.2) is 73.2 Å². The van der Waals surface area contributed by atoms with E-state index in [-0.39, 0.29) is 23.1 Å². The average Bonchev–Trinajstić information content (AvgIpc) is 3.10. The molecule has 3 aliphatic heterocycles. The normalized spacial score (nSPS) is 20.2. The van der Waals surface area contributed by atoms with Crippen LogP contribution < -0.4 is 9.64 Å². The van der Waals surface area contributed by atoms with E-state index in [2.05, 4.69) is 31.9 Å². The number of hydrogen-bond donors (Lipinski definition) is 0. The van der Waals surface area contributed by atoms with Crippen molar-refractivity contribution in [2.75, 3.05) is 57.4 Å². The van der Waals surface area contributed by atoms with Gasteiger partial charge < -0.3 is 24.2 Å². The smallest absolute Gasteiger partial charge is 0.257 e. The number of fused-ring (bicyclic) bond motifs is 1. The summed E-state index contributed by atoms with van der Waals surface area (Å²) in [5.74, 6) is 1.75. The minimum atomic E-state index is -0.0889. The lowest BCUT2D eigenvalue weighted by atomic mass is 9.75. The van der Waals surface area contributed by atoms with Gasteiger partial charge in [-0.05, 0) is 56.2 Å². The second-order valence-corrected chi connectivity index (χ2v) is 12.4. The molecule has 232 valence electrons. The van der Waals surface area contributed by atoms with E-state index in [9.17, 15) is 9.59 Å². The number of nitrogens with zero attached hydrogens (tertiary/aromatic N) is 5. The van der Waals surface area contributed by atoms with Crippen molar-refractivity contribution in [1.29, 1.82) is 0 Å². The summed E-state index contributed by atoms with van der Waals surface area (Å²) >= 11 is 0. The van der Waals surface area contributed by atoms with Crippen LogP contribution in [0.2, 0.25) is 0 Å². The quantitative estimate of drug-likeness (QED) is 0.426. The van der Waals surface area contributed by atoms with Crippen LogP contribution in [0.5, 0.6) is 5.75 Å². The number of likely N-dealkylation sites (tertiary alicyclic amines) is 1. The summed E-state index contributed by atoms with van der Waals surface area (Å²) in [6, 6.07) is 17.7. The topological polar surface area (TPSA) is 88.1 Å². The van der Waals surface area contributed by atoms with E-state index in [0.29, 0.717) is 50.8 Å². The Morgan fingerprint density at radius 1 is 0.886 bits per heavy atom. The van der Waals surface area contributed by atoms with Gasteiger partial charge in [-0.1, -0.05) is 42.5 Å². The molecule has 0 bridgehead atoms. The molecule has 6 rings (SSSR count). The highest BCUT2D eigenvalue weighted by Gasteiger charge is 2.38. The SMILES string of the molecule is O=C1c2ccccc2OCC2(CCCN(c3cnccn3)CCN1Cc1ccccc1)CCN(C(=O)C1CCOCC1)CC2. The molecule has 2 aromatic carbocycles. The van der Waals surface area contributed by atoms with Crippen LogP contribution in [-0.2, 0) is 16.1 Å². The lowest BCUT2D eigenvalue weighted by Crippen LogP contribution is -2.48. The first-order chi connectivity index (χ1) is 21.6. The molecule has 4 heterocycles. The van der Waals surface area contributed by atoms with Crippen LogP contribution in [0, 0.1) is 11.3 Å². The summed E-state index contributed by atoms with van der Waals surface area (Å²) in [5.41, 5.74) is 1.57. The number of hydrogen-bond acceptors (Lipinski definition) is 7. The molecule has 2 fully saturated rings. The number of carbonyl (C=O) groups is 2. The fourth-order valence-corrected chi connectivity index (χ4v) is 6.78. The van der Waals surface area contributed by atoms with Gasteiger partial charge in [0, 0.05) is 76.2 Å². The third-order valence-corrected chi connectivity index (χ3v) is 9.51. The van der Waals surface area contributed by atoms with Crippen molar-refractivity contribution in [3.05, 3.63) is 84.3 Å². The summed E-state index contributed by atoms with van der Waals surface area (Å²) in [5, 5.41) is 0. The third kappa shape index (κ3) is 7.21. The summed E-state index contributed by atoms with van der Waals surface area (Å²) in [7, 11) is 0. The molecule has 9 nitrogen and oxygen atoms in total. The van der Waals surface area contributed by atoms with E-state index in [0.717, 1.165) is 69.5 Å². The molecule has 1 aromatic heterocycles. The van der Waals surface area contributed by atoms with Gasteiger partial charge in [-0.2, -0.15) is 0 Å². The highest BCUT2D eigenvalue weighted by atomic mass is 16.5. The lowest BCUT2D eigenvalue weighted by Gasteiger charge is -2.43. The van der Waals surface area contributed by atoms with Crippen LogP contribution >= 0.6 is 0 Å². The van der Waals surface area contributed by atoms with Crippen molar-refractivity contribution < 1.29 is 19.1 Å². The predicted octanol–water partition coefficient (Wildman–Crippen LogP) is 4.83. The number of aromatic nitrogens is 2. The number of benzene rings is 2. The minimum Gasteiger partial charge on any atom is -0.492 e. The molecule has 0 radical (unpaired) electrons. The number of para-hydroxylation sites is 1. The van der Waals surface area contributed by atoms with Crippen molar-refractivity contribution in [2.24, 2.45) is 11.3 Å². The first kappa shape index (κ1) is 30.1. The maximum atomic E-state index is 14.2. The van der Waals surface area contributed by atoms with E-state index in [1.165, 1.54) is 0 Å². The molecule has 0 aliphatic carbocycles. The Labute approximate surface area is 260 Å². The Kier molecular flexibility index (Phi) is 9.70. The van der Waals surface area contributed by atoms with Crippen molar-refractivity contribution >= 4 is 17.6 Å². The van der Waals surface area contributed by atoms with Gasteiger partial charge in [0.05, 0.1) is 18.4 Å². The van der Waals surface area contributed by atoms with Crippen molar-refractivity contribution in [1.82, 2.24) is 19.8 Å². The van der Waals surface area contributed by atoms with Gasteiger partial charge >= 0.3 is 0 Å². The van der Waals surface area contributed by atoms with Crippen LogP contribution in [0.1, 0.15) is 54.4 Å². The summed E-state index contributed by atoms with van der Waals surface area (Å²) in [4.78, 5) is 42.6. The van der Waals surface area contributed by atoms with E-state index in [1.807, 2.05) is 47.4 Å². The molecular formula is C35H43N5O4. The minimum absolute atomic E-state index is 0.0475. The maximum Gasteiger partial charge on any atom is 0.257 e. The fourth-order valence-electron chi connectivity index (χ4n) is 6.78. The zero-order valence-corrected chi connectivity index (χ0v) is 25.5. The highest BCUT2D eigenvalue weighted by molar-refractivity contribution is 5.97. The van der Waals surface area contributed by atoms with Crippen molar-refractivity contribution in [3.63, 3.8) is 0 Å². The molecule has 3 aromatic rings. The zero-order valence-electron chi connectivity index (χ0n) is 25.5. The van der Waals surface area contributed by atoms with Gasteiger partial charge in [-0.3, -0.25) is 14.6 Å². The van der Waals surface area contributed by atoms with Crippen molar-refractivity contribution in [3.8, 4) is 5.75 Å². The molecular weight excluding hydrogens is 554 g/mol. The third-order valence-electron chi connectivity index (χ3n) is 9.51. The Bertz CT molecular complexity index is 1370. The number of anilines is 1. The van der Waals surface area contributed by atoms with Gasteiger partial charge in [0.25, 0.3) is 5.91 Å². The number of piperidine rings is 1. The van der Waals surface area contributed by atoms with E-state index < -0.39 is 0 Å². The number of ether oxygens (including phenoxy) is 2. The molecule has 0 unspecified atom stereocenters. The van der Waals surface area contributed by atoms with Crippen LogP contribution in [0.25, 0.3) is 0 Å². The van der Waals surface area contributed by atoms with Gasteiger partial charge in [0.1, 0.15) is 11.6 Å². The monoisotopic (exact) mass is 597 g/mol. The Morgan fingerprint density at radius 3 is 2.43 bits per heavy atom. The molecule has 0 atom stereocenters. The molecule has 44 heavy (non-hydrogen) atoms. The Morgan fingerprint density at radius 2 is 1.66 bits per heavy atom. The summed E-state index contributed by atoms with van der Waals surface area (Å²) in [6.07, 6.45) is 10.5. The molecule has 2 amide bonds. The fraction of sp³-hybridized carbons (Fsp3) is 0.486. The van der Waals surface area contributed by atoms with Crippen molar-refractivity contribution in [2.45, 2.75) is 45.1 Å². The van der Waals surface area contributed by atoms with Gasteiger partial charge in [0.2, 0.25) is 5.91 Å².